The molecule has 9 heteroatoms. The Morgan fingerprint density at radius 2 is 1.82 bits per heavy atom. The van der Waals surface area contributed by atoms with Gasteiger partial charge in [-0.15, -0.1) is 0 Å². The lowest BCUT2D eigenvalue weighted by molar-refractivity contribution is 0.102. The largest absolute Gasteiger partial charge is 0.490 e. The van der Waals surface area contributed by atoms with Crippen LogP contribution in [0.1, 0.15) is 43.0 Å². The third kappa shape index (κ3) is 6.49. The van der Waals surface area contributed by atoms with Crippen LogP contribution < -0.4 is 19.5 Å². The van der Waals surface area contributed by atoms with Crippen LogP contribution >= 0.6 is 0 Å². The van der Waals surface area contributed by atoms with Crippen LogP contribution in [0.25, 0.3) is 0 Å². The molecule has 1 amide bonds. The summed E-state index contributed by atoms with van der Waals surface area (Å²) in [5.41, 5.74) is 0.810. The molecular formula is C25H33N3O5S. The first-order valence-electron chi connectivity index (χ1n) is 11.9. The van der Waals surface area contributed by atoms with Crippen LogP contribution in [0.15, 0.2) is 47.4 Å². The number of sulfonamides is 1. The zero-order valence-electron chi connectivity index (χ0n) is 19.6. The average Bonchev–Trinajstić information content (AvgIpc) is 3.08. The van der Waals surface area contributed by atoms with Crippen molar-refractivity contribution < 1.29 is 22.7 Å². The first-order chi connectivity index (χ1) is 16.4. The van der Waals surface area contributed by atoms with Crippen LogP contribution in [-0.2, 0) is 10.0 Å². The van der Waals surface area contributed by atoms with Crippen molar-refractivity contribution >= 4 is 21.6 Å². The summed E-state index contributed by atoms with van der Waals surface area (Å²) in [4.78, 5) is 15.2. The summed E-state index contributed by atoms with van der Waals surface area (Å²) >= 11 is 0. The fourth-order valence-electron chi connectivity index (χ4n) is 4.13. The Kier molecular flexibility index (Phi) is 8.07. The van der Waals surface area contributed by atoms with E-state index in [0.717, 1.165) is 38.4 Å². The normalized spacial score (nSPS) is 17.2. The monoisotopic (exact) mass is 487 g/mol. The highest BCUT2D eigenvalue weighted by molar-refractivity contribution is 7.89. The highest BCUT2D eigenvalue weighted by Gasteiger charge is 2.18. The van der Waals surface area contributed by atoms with Crippen molar-refractivity contribution in [2.24, 2.45) is 5.92 Å². The van der Waals surface area contributed by atoms with E-state index in [1.54, 1.807) is 30.3 Å². The molecule has 0 atom stereocenters. The van der Waals surface area contributed by atoms with Gasteiger partial charge in [0.15, 0.2) is 11.5 Å². The summed E-state index contributed by atoms with van der Waals surface area (Å²) in [5.74, 6) is 1.60. The molecule has 0 unspecified atom stereocenters. The van der Waals surface area contributed by atoms with Gasteiger partial charge >= 0.3 is 0 Å². The minimum atomic E-state index is -3.70. The van der Waals surface area contributed by atoms with Crippen LogP contribution in [0.3, 0.4) is 0 Å². The summed E-state index contributed by atoms with van der Waals surface area (Å²) in [5, 5.41) is 2.80. The Bertz CT molecular complexity index is 1100. The average molecular weight is 488 g/mol. The van der Waals surface area contributed by atoms with Crippen molar-refractivity contribution in [1.29, 1.82) is 0 Å². The molecule has 0 aliphatic carbocycles. The van der Waals surface area contributed by atoms with Gasteiger partial charge in [0.2, 0.25) is 10.0 Å². The summed E-state index contributed by atoms with van der Waals surface area (Å²) in [7, 11) is -3.70. The molecule has 1 fully saturated rings. The van der Waals surface area contributed by atoms with Gasteiger partial charge in [0.25, 0.3) is 5.91 Å². The van der Waals surface area contributed by atoms with E-state index in [1.165, 1.54) is 25.0 Å². The minimum absolute atomic E-state index is 0.0746. The number of fused-ring (bicyclic) bond motifs is 1. The van der Waals surface area contributed by atoms with E-state index in [-0.39, 0.29) is 10.5 Å². The molecule has 34 heavy (non-hydrogen) atoms. The topological polar surface area (TPSA) is 97.0 Å². The molecule has 4 rings (SSSR count). The predicted molar refractivity (Wildman–Crippen MR) is 131 cm³/mol. The van der Waals surface area contributed by atoms with Crippen molar-refractivity contribution in [1.82, 2.24) is 9.62 Å². The van der Waals surface area contributed by atoms with Crippen molar-refractivity contribution in [3.05, 3.63) is 48.0 Å². The molecule has 2 aromatic carbocycles. The van der Waals surface area contributed by atoms with E-state index < -0.39 is 15.9 Å². The fraction of sp³-hybridized carbons (Fsp3) is 0.480. The second kappa shape index (κ2) is 11.2. The molecular weight excluding hydrogens is 454 g/mol. The van der Waals surface area contributed by atoms with Crippen LogP contribution in [0.5, 0.6) is 11.5 Å². The molecule has 1 saturated heterocycles. The Morgan fingerprint density at radius 1 is 1.06 bits per heavy atom. The Hall–Kier alpha value is -2.62. The third-order valence-electron chi connectivity index (χ3n) is 6.23. The maximum atomic E-state index is 12.8. The van der Waals surface area contributed by atoms with Gasteiger partial charge in [-0.3, -0.25) is 4.79 Å². The number of hydrogen-bond acceptors (Lipinski definition) is 6. The summed E-state index contributed by atoms with van der Waals surface area (Å²) < 4.78 is 39.5. The highest BCUT2D eigenvalue weighted by atomic mass is 32.2. The van der Waals surface area contributed by atoms with Crippen molar-refractivity contribution in [3.8, 4) is 11.5 Å². The second-order valence-corrected chi connectivity index (χ2v) is 10.7. The molecule has 2 heterocycles. The van der Waals surface area contributed by atoms with E-state index in [9.17, 15) is 13.2 Å². The van der Waals surface area contributed by atoms with Crippen molar-refractivity contribution in [2.75, 3.05) is 44.7 Å². The highest BCUT2D eigenvalue weighted by Crippen LogP contribution is 2.32. The summed E-state index contributed by atoms with van der Waals surface area (Å²) in [6, 6.07) is 11.3. The van der Waals surface area contributed by atoms with Crippen LogP contribution in [0, 0.1) is 5.92 Å². The number of hydrogen-bond donors (Lipinski definition) is 2. The van der Waals surface area contributed by atoms with Crippen molar-refractivity contribution in [2.45, 2.75) is 37.5 Å². The molecule has 8 nitrogen and oxygen atoms in total. The van der Waals surface area contributed by atoms with Gasteiger partial charge in [0.1, 0.15) is 0 Å². The smallest absolute Gasteiger partial charge is 0.255 e. The number of amides is 1. The van der Waals surface area contributed by atoms with Gasteiger partial charge in [-0.25, -0.2) is 13.1 Å². The van der Waals surface area contributed by atoms with Gasteiger partial charge in [-0.1, -0.05) is 13.0 Å². The van der Waals surface area contributed by atoms with Gasteiger partial charge in [0, 0.05) is 30.3 Å². The number of nitrogens with one attached hydrogen (secondary N) is 2. The second-order valence-electron chi connectivity index (χ2n) is 8.97. The molecule has 0 bridgehead atoms. The Balaban J connectivity index is 1.33. The number of nitrogens with zero attached hydrogens (tertiary/aromatic N) is 1. The standard InChI is InChI=1S/C25H33N3O5S/c1-19-9-13-28(14-10-19)12-3-11-26-34(30,31)22-6-2-5-20(17-22)25(29)27-21-7-8-23-24(18-21)33-16-4-15-32-23/h2,5-8,17-19,26H,3-4,9-16H2,1H3,(H,27,29). The number of rotatable bonds is 8. The summed E-state index contributed by atoms with van der Waals surface area (Å²) in [6.07, 6.45) is 3.95. The fourth-order valence-corrected chi connectivity index (χ4v) is 5.25. The van der Waals surface area contributed by atoms with E-state index in [1.807, 2.05) is 0 Å². The number of carbonyl (C=O) groups is 1. The number of carbonyl (C=O) groups excluding carboxylic acids is 1. The van der Waals surface area contributed by atoms with Gasteiger partial charge in [0.05, 0.1) is 18.1 Å². The molecule has 0 spiro atoms. The summed E-state index contributed by atoms with van der Waals surface area (Å²) in [6.45, 7) is 6.81. The van der Waals surface area contributed by atoms with E-state index >= 15 is 0 Å². The molecule has 2 N–H and O–H groups in total. The molecule has 184 valence electrons. The molecule has 0 saturated carbocycles. The van der Waals surface area contributed by atoms with Crippen LogP contribution in [0.2, 0.25) is 0 Å². The van der Waals surface area contributed by atoms with Gasteiger partial charge in [-0.05, 0) is 75.1 Å². The Labute approximate surface area is 201 Å². The first-order valence-corrected chi connectivity index (χ1v) is 13.4. The molecule has 2 aliphatic rings. The third-order valence-corrected chi connectivity index (χ3v) is 7.69. The molecule has 2 aliphatic heterocycles. The molecule has 2 aromatic rings. The minimum Gasteiger partial charge on any atom is -0.490 e. The van der Waals surface area contributed by atoms with Gasteiger partial charge in [-0.2, -0.15) is 0 Å². The molecule has 0 aromatic heterocycles. The maximum absolute atomic E-state index is 12.8. The van der Waals surface area contributed by atoms with Gasteiger partial charge < -0.3 is 19.7 Å². The number of ether oxygens (including phenoxy) is 2. The lowest BCUT2D eigenvalue weighted by Gasteiger charge is -2.30. The Morgan fingerprint density at radius 3 is 2.62 bits per heavy atom. The van der Waals surface area contributed by atoms with Crippen LogP contribution in [0.4, 0.5) is 5.69 Å². The SMILES string of the molecule is CC1CCN(CCCNS(=O)(=O)c2cccc(C(=O)Nc3ccc4c(c3)OCCCO4)c2)CC1. The number of anilines is 1. The maximum Gasteiger partial charge on any atom is 0.255 e. The van der Waals surface area contributed by atoms with Crippen LogP contribution in [-0.4, -0.2) is 58.6 Å². The first kappa shape index (κ1) is 24.5. The number of likely N-dealkylation sites (tertiary alicyclic amines) is 1. The zero-order chi connectivity index (χ0) is 24.0. The zero-order valence-corrected chi connectivity index (χ0v) is 20.4. The number of piperidine rings is 1. The quantitative estimate of drug-likeness (QED) is 0.553. The number of benzene rings is 2. The van der Waals surface area contributed by atoms with E-state index in [4.69, 9.17) is 9.47 Å². The lowest BCUT2D eigenvalue weighted by atomic mass is 9.99. The molecule has 0 radical (unpaired) electrons. The van der Waals surface area contributed by atoms with Crippen molar-refractivity contribution in [3.63, 3.8) is 0 Å². The lowest BCUT2D eigenvalue weighted by Crippen LogP contribution is -2.35. The van der Waals surface area contributed by atoms with E-state index in [2.05, 4.69) is 21.9 Å². The van der Waals surface area contributed by atoms with E-state index in [0.29, 0.717) is 36.9 Å². The predicted octanol–water partition coefficient (Wildman–Crippen LogP) is 3.50.